The third-order valence-corrected chi connectivity index (χ3v) is 2.90. The molecule has 5 heteroatoms. The second kappa shape index (κ2) is 4.72. The van der Waals surface area contributed by atoms with E-state index >= 15 is 0 Å². The molecule has 1 aromatic heterocycles. The van der Waals surface area contributed by atoms with Crippen LogP contribution in [0.15, 0.2) is 41.1 Å². The van der Waals surface area contributed by atoms with Crippen LogP contribution in [0.2, 0.25) is 5.02 Å². The number of hydrogen-bond donors (Lipinski definition) is 2. The third-order valence-electron chi connectivity index (χ3n) is 2.04. The van der Waals surface area contributed by atoms with Crippen LogP contribution in [0.3, 0.4) is 0 Å². The quantitative estimate of drug-likeness (QED) is 0.886. The monoisotopic (exact) mass is 297 g/mol. The molecule has 0 aliphatic rings. The van der Waals surface area contributed by atoms with E-state index in [0.29, 0.717) is 10.7 Å². The van der Waals surface area contributed by atoms with Gasteiger partial charge in [0, 0.05) is 16.9 Å². The van der Waals surface area contributed by atoms with E-state index in [-0.39, 0.29) is 0 Å². The molecule has 0 aliphatic carbocycles. The van der Waals surface area contributed by atoms with Gasteiger partial charge in [0.15, 0.2) is 0 Å². The first-order valence-electron chi connectivity index (χ1n) is 4.58. The fourth-order valence-electron chi connectivity index (χ4n) is 1.26. The van der Waals surface area contributed by atoms with Gasteiger partial charge in [-0.3, -0.25) is 4.98 Å². The van der Waals surface area contributed by atoms with Gasteiger partial charge in [-0.05, 0) is 40.2 Å². The SMILES string of the molecule is Nc1cncc(Br)c1Nc1ccc(Cl)cc1. The van der Waals surface area contributed by atoms with Crippen LogP contribution in [0.25, 0.3) is 0 Å². The standard InChI is InChI=1S/C11H9BrClN3/c12-9-5-15-6-10(14)11(9)16-8-3-1-7(13)2-4-8/h1-6H,14H2,(H,15,16). The van der Waals surface area contributed by atoms with Crippen LogP contribution in [-0.4, -0.2) is 4.98 Å². The van der Waals surface area contributed by atoms with Gasteiger partial charge in [0.05, 0.1) is 22.0 Å². The molecular formula is C11H9BrClN3. The minimum atomic E-state index is 0.587. The Balaban J connectivity index is 2.30. The second-order valence-electron chi connectivity index (χ2n) is 3.22. The molecule has 0 spiro atoms. The summed E-state index contributed by atoms with van der Waals surface area (Å²) in [6.45, 7) is 0. The first-order chi connectivity index (χ1) is 7.66. The molecule has 3 N–H and O–H groups in total. The number of aromatic nitrogens is 1. The summed E-state index contributed by atoms with van der Waals surface area (Å²) >= 11 is 9.19. The Morgan fingerprint density at radius 3 is 2.50 bits per heavy atom. The van der Waals surface area contributed by atoms with E-state index in [9.17, 15) is 0 Å². The van der Waals surface area contributed by atoms with Crippen molar-refractivity contribution < 1.29 is 0 Å². The average molecular weight is 299 g/mol. The summed E-state index contributed by atoms with van der Waals surface area (Å²) in [6, 6.07) is 7.40. The van der Waals surface area contributed by atoms with E-state index in [1.807, 2.05) is 24.3 Å². The first kappa shape index (κ1) is 11.2. The third kappa shape index (κ3) is 2.46. The highest BCUT2D eigenvalue weighted by Crippen LogP contribution is 2.30. The highest BCUT2D eigenvalue weighted by molar-refractivity contribution is 9.10. The summed E-state index contributed by atoms with van der Waals surface area (Å²) in [4.78, 5) is 3.97. The molecule has 0 radical (unpaired) electrons. The molecule has 16 heavy (non-hydrogen) atoms. The summed E-state index contributed by atoms with van der Waals surface area (Å²) < 4.78 is 0.822. The molecule has 82 valence electrons. The number of pyridine rings is 1. The van der Waals surface area contributed by atoms with Crippen molar-refractivity contribution in [3.05, 3.63) is 46.2 Å². The van der Waals surface area contributed by atoms with Crippen LogP contribution in [0, 0.1) is 0 Å². The molecular weight excluding hydrogens is 289 g/mol. The van der Waals surface area contributed by atoms with Crippen molar-refractivity contribution in [2.45, 2.75) is 0 Å². The number of rotatable bonds is 2. The van der Waals surface area contributed by atoms with E-state index in [1.165, 1.54) is 0 Å². The Bertz CT molecular complexity index is 479. The van der Waals surface area contributed by atoms with Crippen molar-refractivity contribution in [1.82, 2.24) is 4.98 Å². The zero-order valence-electron chi connectivity index (χ0n) is 8.24. The molecule has 0 bridgehead atoms. The van der Waals surface area contributed by atoms with E-state index in [2.05, 4.69) is 26.2 Å². The number of nitrogen functional groups attached to an aromatic ring is 1. The fraction of sp³-hybridized carbons (Fsp3) is 0. The van der Waals surface area contributed by atoms with E-state index < -0.39 is 0 Å². The van der Waals surface area contributed by atoms with E-state index in [1.54, 1.807) is 12.4 Å². The number of nitrogens with zero attached hydrogens (tertiary/aromatic N) is 1. The molecule has 1 heterocycles. The maximum Gasteiger partial charge on any atom is 0.0794 e. The van der Waals surface area contributed by atoms with Gasteiger partial charge in [0.25, 0.3) is 0 Å². The van der Waals surface area contributed by atoms with E-state index in [4.69, 9.17) is 17.3 Å². The number of nitrogens with two attached hydrogens (primary N) is 1. The Kier molecular flexibility index (Phi) is 3.31. The van der Waals surface area contributed by atoms with Gasteiger partial charge >= 0.3 is 0 Å². The lowest BCUT2D eigenvalue weighted by Crippen LogP contribution is -1.97. The summed E-state index contributed by atoms with van der Waals surface area (Å²) in [6.07, 6.45) is 3.29. The smallest absolute Gasteiger partial charge is 0.0794 e. The molecule has 2 aromatic rings. The lowest BCUT2D eigenvalue weighted by atomic mass is 10.3. The van der Waals surface area contributed by atoms with Crippen LogP contribution >= 0.6 is 27.5 Å². The minimum absolute atomic E-state index is 0.587. The summed E-state index contributed by atoms with van der Waals surface area (Å²) in [5.41, 5.74) is 8.13. The molecule has 0 saturated heterocycles. The summed E-state index contributed by atoms with van der Waals surface area (Å²) in [5.74, 6) is 0. The van der Waals surface area contributed by atoms with Crippen molar-refractivity contribution in [3.8, 4) is 0 Å². The molecule has 0 fully saturated rings. The predicted molar refractivity (Wildman–Crippen MR) is 71.1 cm³/mol. The van der Waals surface area contributed by atoms with Crippen LogP contribution in [-0.2, 0) is 0 Å². The van der Waals surface area contributed by atoms with Gasteiger partial charge < -0.3 is 11.1 Å². The zero-order valence-corrected chi connectivity index (χ0v) is 10.6. The largest absolute Gasteiger partial charge is 0.396 e. The number of nitrogens with one attached hydrogen (secondary N) is 1. The highest BCUT2D eigenvalue weighted by atomic mass is 79.9. The Morgan fingerprint density at radius 1 is 1.19 bits per heavy atom. The molecule has 0 saturated carbocycles. The molecule has 0 atom stereocenters. The molecule has 3 nitrogen and oxygen atoms in total. The van der Waals surface area contributed by atoms with Gasteiger partial charge in [-0.15, -0.1) is 0 Å². The number of anilines is 3. The van der Waals surface area contributed by atoms with Crippen molar-refractivity contribution in [3.63, 3.8) is 0 Å². The van der Waals surface area contributed by atoms with Gasteiger partial charge in [0.1, 0.15) is 0 Å². The zero-order chi connectivity index (χ0) is 11.5. The highest BCUT2D eigenvalue weighted by Gasteiger charge is 2.04. The second-order valence-corrected chi connectivity index (χ2v) is 4.51. The fourth-order valence-corrected chi connectivity index (χ4v) is 1.83. The van der Waals surface area contributed by atoms with Gasteiger partial charge in [-0.1, -0.05) is 11.6 Å². The Morgan fingerprint density at radius 2 is 1.88 bits per heavy atom. The lowest BCUT2D eigenvalue weighted by molar-refractivity contribution is 1.31. The topological polar surface area (TPSA) is 50.9 Å². The van der Waals surface area contributed by atoms with Gasteiger partial charge in [0.2, 0.25) is 0 Å². The van der Waals surface area contributed by atoms with Crippen molar-refractivity contribution in [2.75, 3.05) is 11.1 Å². The predicted octanol–water partition coefficient (Wildman–Crippen LogP) is 3.82. The molecule has 0 aliphatic heterocycles. The summed E-state index contributed by atoms with van der Waals surface area (Å²) in [7, 11) is 0. The van der Waals surface area contributed by atoms with Crippen LogP contribution < -0.4 is 11.1 Å². The molecule has 2 rings (SSSR count). The number of hydrogen-bond acceptors (Lipinski definition) is 3. The average Bonchev–Trinajstić information content (AvgIpc) is 2.26. The van der Waals surface area contributed by atoms with Crippen LogP contribution in [0.4, 0.5) is 17.1 Å². The maximum absolute atomic E-state index is 5.82. The van der Waals surface area contributed by atoms with Crippen LogP contribution in [0.5, 0.6) is 0 Å². The van der Waals surface area contributed by atoms with Gasteiger partial charge in [-0.25, -0.2) is 0 Å². The first-order valence-corrected chi connectivity index (χ1v) is 5.75. The van der Waals surface area contributed by atoms with Crippen molar-refractivity contribution in [2.24, 2.45) is 0 Å². The molecule has 1 aromatic carbocycles. The van der Waals surface area contributed by atoms with Gasteiger partial charge in [-0.2, -0.15) is 0 Å². The van der Waals surface area contributed by atoms with Crippen LogP contribution in [0.1, 0.15) is 0 Å². The minimum Gasteiger partial charge on any atom is -0.396 e. The molecule has 0 amide bonds. The maximum atomic E-state index is 5.82. The Hall–Kier alpha value is -1.26. The van der Waals surface area contributed by atoms with Crippen molar-refractivity contribution in [1.29, 1.82) is 0 Å². The normalized spacial score (nSPS) is 10.1. The Labute approximate surface area is 107 Å². The number of halogens is 2. The lowest BCUT2D eigenvalue weighted by Gasteiger charge is -2.10. The summed E-state index contributed by atoms with van der Waals surface area (Å²) in [5, 5.41) is 3.90. The number of benzene rings is 1. The van der Waals surface area contributed by atoms with Crippen molar-refractivity contribution >= 4 is 44.6 Å². The molecule has 0 unspecified atom stereocenters. The van der Waals surface area contributed by atoms with E-state index in [0.717, 1.165) is 15.8 Å².